The van der Waals surface area contributed by atoms with Crippen molar-refractivity contribution in [3.05, 3.63) is 61.8 Å². The molecular formula is C19H16ClF2N3O5. The predicted molar refractivity (Wildman–Crippen MR) is 107 cm³/mol. The van der Waals surface area contributed by atoms with Crippen molar-refractivity contribution in [1.29, 1.82) is 0 Å². The highest BCUT2D eigenvalue weighted by atomic mass is 35.5. The number of fused-ring (bicyclic) bond motifs is 1. The van der Waals surface area contributed by atoms with E-state index in [0.29, 0.717) is 0 Å². The third-order valence-electron chi connectivity index (χ3n) is 4.66. The fourth-order valence-electron chi connectivity index (χ4n) is 3.27. The van der Waals surface area contributed by atoms with Crippen LogP contribution in [0.5, 0.6) is 0 Å². The number of hydrogen-bond donors (Lipinski definition) is 5. The van der Waals surface area contributed by atoms with E-state index in [-0.39, 0.29) is 39.5 Å². The molecular weight excluding hydrogens is 424 g/mol. The average Bonchev–Trinajstić information content (AvgIpc) is 2.68. The van der Waals surface area contributed by atoms with Crippen LogP contribution < -0.4 is 16.9 Å². The lowest BCUT2D eigenvalue weighted by Gasteiger charge is -2.21. The van der Waals surface area contributed by atoms with Crippen molar-refractivity contribution < 1.29 is 28.9 Å². The van der Waals surface area contributed by atoms with E-state index in [1.54, 1.807) is 0 Å². The molecule has 0 aliphatic heterocycles. The van der Waals surface area contributed by atoms with Crippen LogP contribution in [-0.2, 0) is 13.0 Å². The number of aromatic nitrogens is 1. The van der Waals surface area contributed by atoms with Crippen molar-refractivity contribution in [2.24, 2.45) is 0 Å². The number of aromatic carboxylic acids is 1. The molecule has 7 N–H and O–H groups in total. The number of aliphatic hydroxyl groups excluding tert-OH is 2. The molecule has 0 atom stereocenters. The molecule has 158 valence electrons. The maximum absolute atomic E-state index is 14.5. The van der Waals surface area contributed by atoms with Gasteiger partial charge in [0.25, 0.3) is 0 Å². The van der Waals surface area contributed by atoms with Crippen molar-refractivity contribution in [2.45, 2.75) is 13.0 Å². The Morgan fingerprint density at radius 2 is 1.80 bits per heavy atom. The Kier molecular flexibility index (Phi) is 5.66. The van der Waals surface area contributed by atoms with Crippen LogP contribution in [-0.4, -0.2) is 32.5 Å². The molecule has 3 aromatic rings. The molecule has 8 nitrogen and oxygen atoms in total. The lowest BCUT2D eigenvalue weighted by Crippen LogP contribution is -2.24. The summed E-state index contributed by atoms with van der Waals surface area (Å²) in [5.41, 5.74) is 8.93. The minimum absolute atomic E-state index is 0.0428. The highest BCUT2D eigenvalue weighted by Gasteiger charge is 2.26. The van der Waals surface area contributed by atoms with Gasteiger partial charge in [-0.1, -0.05) is 11.6 Å². The van der Waals surface area contributed by atoms with Gasteiger partial charge in [0.2, 0.25) is 5.43 Å². The van der Waals surface area contributed by atoms with Gasteiger partial charge in [-0.25, -0.2) is 13.6 Å². The first-order valence-electron chi connectivity index (χ1n) is 8.52. The van der Waals surface area contributed by atoms with Crippen LogP contribution in [0.15, 0.2) is 23.0 Å². The van der Waals surface area contributed by atoms with Gasteiger partial charge in [0.05, 0.1) is 33.9 Å². The minimum atomic E-state index is -1.68. The van der Waals surface area contributed by atoms with Gasteiger partial charge >= 0.3 is 5.97 Å². The van der Waals surface area contributed by atoms with Crippen molar-refractivity contribution in [1.82, 2.24) is 4.57 Å². The van der Waals surface area contributed by atoms with E-state index in [0.717, 1.165) is 22.8 Å². The van der Waals surface area contributed by atoms with Crippen LogP contribution in [0.25, 0.3) is 16.6 Å². The Morgan fingerprint density at radius 3 is 2.37 bits per heavy atom. The Labute approximate surface area is 172 Å². The molecule has 1 heterocycles. The third kappa shape index (κ3) is 3.24. The van der Waals surface area contributed by atoms with Gasteiger partial charge in [0, 0.05) is 17.7 Å². The zero-order chi connectivity index (χ0) is 22.3. The second kappa shape index (κ2) is 7.90. The summed E-state index contributed by atoms with van der Waals surface area (Å²) in [5, 5.41) is 27.7. The molecule has 0 unspecified atom stereocenters. The molecule has 11 heteroatoms. The summed E-state index contributed by atoms with van der Waals surface area (Å²) in [5.74, 6) is -4.02. The van der Waals surface area contributed by atoms with Crippen molar-refractivity contribution in [3.63, 3.8) is 0 Å². The SMILES string of the molecule is Nc1cc(-n2c(N)c(C(=O)O)c(=O)c3cc(F)c(CCO)c(Cl)c32)c(CO)cc1F. The second-order valence-corrected chi connectivity index (χ2v) is 6.79. The normalized spacial score (nSPS) is 11.2. The number of nitrogens with zero attached hydrogens (tertiary/aromatic N) is 1. The summed E-state index contributed by atoms with van der Waals surface area (Å²) in [6, 6.07) is 2.79. The lowest BCUT2D eigenvalue weighted by atomic mass is 10.0. The molecule has 0 fully saturated rings. The summed E-state index contributed by atoms with van der Waals surface area (Å²) in [4.78, 5) is 24.4. The number of hydrogen-bond acceptors (Lipinski definition) is 6. The molecule has 0 bridgehead atoms. The van der Waals surface area contributed by atoms with Gasteiger partial charge in [-0.05, 0) is 24.6 Å². The fourth-order valence-corrected chi connectivity index (χ4v) is 3.65. The molecule has 2 aromatic carbocycles. The summed E-state index contributed by atoms with van der Waals surface area (Å²) >= 11 is 6.34. The quantitative estimate of drug-likeness (QED) is 0.380. The number of nitrogens with two attached hydrogens (primary N) is 2. The standard InChI is InChI=1S/C19H16ClF2N3O5/c20-15-8(1-2-26)10(21)4-9-16(15)25(18(24)14(17(9)28)19(29)30)13-5-12(23)11(22)3-7(13)6-27/h3-5,26-27H,1-2,6,23-24H2,(H,29,30). The van der Waals surface area contributed by atoms with Gasteiger partial charge in [-0.2, -0.15) is 0 Å². The summed E-state index contributed by atoms with van der Waals surface area (Å²) < 4.78 is 29.5. The van der Waals surface area contributed by atoms with Crippen molar-refractivity contribution in [3.8, 4) is 5.69 Å². The van der Waals surface area contributed by atoms with Crippen LogP contribution in [0.2, 0.25) is 5.02 Å². The number of rotatable bonds is 5. The molecule has 0 saturated carbocycles. The monoisotopic (exact) mass is 439 g/mol. The maximum atomic E-state index is 14.5. The fraction of sp³-hybridized carbons (Fsp3) is 0.158. The smallest absolute Gasteiger partial charge is 0.343 e. The number of carbonyl (C=O) groups is 1. The van der Waals surface area contributed by atoms with Crippen LogP contribution in [0.3, 0.4) is 0 Å². The van der Waals surface area contributed by atoms with Crippen LogP contribution in [0.4, 0.5) is 20.3 Å². The van der Waals surface area contributed by atoms with Gasteiger partial charge < -0.3 is 26.8 Å². The van der Waals surface area contributed by atoms with Crippen LogP contribution >= 0.6 is 11.6 Å². The molecule has 30 heavy (non-hydrogen) atoms. The molecule has 0 spiro atoms. The Balaban J connectivity index is 2.65. The Morgan fingerprint density at radius 1 is 1.13 bits per heavy atom. The first-order valence-corrected chi connectivity index (χ1v) is 8.90. The highest BCUT2D eigenvalue weighted by molar-refractivity contribution is 6.36. The molecule has 3 rings (SSSR count). The largest absolute Gasteiger partial charge is 0.477 e. The number of carboxylic acids is 1. The molecule has 0 aliphatic carbocycles. The first kappa shape index (κ1) is 21.5. The van der Waals surface area contributed by atoms with E-state index < -0.39 is 53.0 Å². The highest BCUT2D eigenvalue weighted by Crippen LogP contribution is 2.35. The summed E-state index contributed by atoms with van der Waals surface area (Å²) in [6.07, 6.45) is -0.201. The number of aliphatic hydroxyl groups is 2. The summed E-state index contributed by atoms with van der Waals surface area (Å²) in [7, 11) is 0. The molecule has 1 aromatic heterocycles. The molecule has 0 aliphatic rings. The number of anilines is 2. The average molecular weight is 440 g/mol. The molecule has 0 amide bonds. The Bertz CT molecular complexity index is 1260. The van der Waals surface area contributed by atoms with Crippen LogP contribution in [0, 0.1) is 11.6 Å². The number of pyridine rings is 1. The third-order valence-corrected chi connectivity index (χ3v) is 5.07. The number of benzene rings is 2. The zero-order valence-corrected chi connectivity index (χ0v) is 16.0. The van der Waals surface area contributed by atoms with Gasteiger partial charge in [-0.3, -0.25) is 9.36 Å². The number of nitrogen functional groups attached to an aromatic ring is 2. The summed E-state index contributed by atoms with van der Waals surface area (Å²) in [6.45, 7) is -1.15. The van der Waals surface area contributed by atoms with Crippen molar-refractivity contribution >= 4 is 40.0 Å². The first-order chi connectivity index (χ1) is 14.1. The predicted octanol–water partition coefficient (Wildman–Crippen LogP) is 1.81. The van der Waals surface area contributed by atoms with Gasteiger partial charge in [0.15, 0.2) is 0 Å². The van der Waals surface area contributed by atoms with Crippen molar-refractivity contribution in [2.75, 3.05) is 18.1 Å². The van der Waals surface area contributed by atoms with E-state index in [1.807, 2.05) is 0 Å². The van der Waals surface area contributed by atoms with Crippen LogP contribution in [0.1, 0.15) is 21.5 Å². The number of carboxylic acid groups (broad SMARTS) is 1. The second-order valence-electron chi connectivity index (χ2n) is 6.41. The maximum Gasteiger partial charge on any atom is 0.343 e. The molecule has 0 saturated heterocycles. The van der Waals surface area contributed by atoms with E-state index in [2.05, 4.69) is 0 Å². The number of halogens is 3. The lowest BCUT2D eigenvalue weighted by molar-refractivity contribution is 0.0696. The minimum Gasteiger partial charge on any atom is -0.477 e. The van der Waals surface area contributed by atoms with E-state index in [9.17, 15) is 33.7 Å². The van der Waals surface area contributed by atoms with E-state index in [4.69, 9.17) is 23.1 Å². The van der Waals surface area contributed by atoms with E-state index >= 15 is 0 Å². The zero-order valence-electron chi connectivity index (χ0n) is 15.2. The topological polar surface area (TPSA) is 152 Å². The van der Waals surface area contributed by atoms with E-state index in [1.165, 1.54) is 0 Å². The molecule has 0 radical (unpaired) electrons. The Hall–Kier alpha value is -3.21. The van der Waals surface area contributed by atoms with Gasteiger partial charge in [-0.15, -0.1) is 0 Å². The van der Waals surface area contributed by atoms with Gasteiger partial charge in [0.1, 0.15) is 23.0 Å².